The summed E-state index contributed by atoms with van der Waals surface area (Å²) < 4.78 is 26.9. The number of hydrogen-bond donors (Lipinski definition) is 2. The molecule has 0 aliphatic carbocycles. The van der Waals surface area contributed by atoms with Crippen molar-refractivity contribution in [3.05, 3.63) is 78.5 Å². The number of hydrogen-bond acceptors (Lipinski definition) is 7. The van der Waals surface area contributed by atoms with Gasteiger partial charge in [0, 0.05) is 5.56 Å². The number of amides is 3. The Labute approximate surface area is 204 Å². The number of rotatable bonds is 9. The van der Waals surface area contributed by atoms with Gasteiger partial charge in [-0.1, -0.05) is 23.9 Å². The molecule has 3 amide bonds. The summed E-state index contributed by atoms with van der Waals surface area (Å²) in [6.45, 7) is 2.58. The maximum atomic E-state index is 14.7. The zero-order valence-electron chi connectivity index (χ0n) is 18.7. The number of furan rings is 1. The summed E-state index contributed by atoms with van der Waals surface area (Å²) in [6.07, 6.45) is 1.49. The van der Waals surface area contributed by atoms with Gasteiger partial charge in [0.2, 0.25) is 5.91 Å². The van der Waals surface area contributed by atoms with Crippen molar-refractivity contribution in [2.45, 2.75) is 18.6 Å². The standard InChI is InChI=1S/C24H22FN5O4S/c1-2-33-17-11-9-16(10-12-17)22-28-29-24(30(22)20-8-4-3-7-19(20)25)35-15-21(31)27-23(32)26-14-18-6-5-13-34-18/h3-13H,2,14-15H2,1H3,(H2,26,27,31,32). The molecule has 0 unspecified atom stereocenters. The average Bonchev–Trinajstić information content (AvgIpc) is 3.53. The van der Waals surface area contributed by atoms with E-state index in [0.29, 0.717) is 34.7 Å². The number of carbonyl (C=O) groups excluding carboxylic acids is 2. The molecule has 35 heavy (non-hydrogen) atoms. The smallest absolute Gasteiger partial charge is 0.321 e. The van der Waals surface area contributed by atoms with Crippen molar-refractivity contribution in [2.24, 2.45) is 0 Å². The van der Waals surface area contributed by atoms with Gasteiger partial charge in [-0.25, -0.2) is 9.18 Å². The van der Waals surface area contributed by atoms with Gasteiger partial charge >= 0.3 is 6.03 Å². The summed E-state index contributed by atoms with van der Waals surface area (Å²) in [4.78, 5) is 24.3. The third-order valence-electron chi connectivity index (χ3n) is 4.74. The third kappa shape index (κ3) is 6.07. The lowest BCUT2D eigenvalue weighted by atomic mass is 10.2. The van der Waals surface area contributed by atoms with Crippen LogP contribution in [0.15, 0.2) is 76.5 Å². The van der Waals surface area contributed by atoms with Crippen molar-refractivity contribution in [1.82, 2.24) is 25.4 Å². The van der Waals surface area contributed by atoms with Crippen LogP contribution in [0.3, 0.4) is 0 Å². The van der Waals surface area contributed by atoms with E-state index in [-0.39, 0.29) is 18.0 Å². The largest absolute Gasteiger partial charge is 0.494 e. The molecule has 0 atom stereocenters. The van der Waals surface area contributed by atoms with E-state index in [0.717, 1.165) is 11.8 Å². The molecule has 11 heteroatoms. The van der Waals surface area contributed by atoms with Crippen LogP contribution >= 0.6 is 11.8 Å². The van der Waals surface area contributed by atoms with E-state index in [9.17, 15) is 14.0 Å². The Kier molecular flexibility index (Phi) is 7.78. The van der Waals surface area contributed by atoms with Gasteiger partial charge in [0.25, 0.3) is 0 Å². The molecule has 0 radical (unpaired) electrons. The first-order chi connectivity index (χ1) is 17.0. The number of nitrogens with one attached hydrogen (secondary N) is 2. The van der Waals surface area contributed by atoms with Gasteiger partial charge < -0.3 is 14.5 Å². The van der Waals surface area contributed by atoms with Gasteiger partial charge in [-0.15, -0.1) is 10.2 Å². The third-order valence-corrected chi connectivity index (χ3v) is 5.67. The lowest BCUT2D eigenvalue weighted by Crippen LogP contribution is -2.39. The normalized spacial score (nSPS) is 10.7. The zero-order chi connectivity index (χ0) is 24.6. The minimum Gasteiger partial charge on any atom is -0.494 e. The summed E-state index contributed by atoms with van der Waals surface area (Å²) in [6, 6.07) is 16.2. The Morgan fingerprint density at radius 1 is 1.09 bits per heavy atom. The molecule has 0 aliphatic rings. The number of halogens is 1. The second-order valence-corrected chi connectivity index (χ2v) is 8.09. The van der Waals surface area contributed by atoms with Crippen LogP contribution < -0.4 is 15.4 Å². The molecule has 2 N–H and O–H groups in total. The molecule has 0 bridgehead atoms. The molecule has 4 rings (SSSR count). The van der Waals surface area contributed by atoms with E-state index < -0.39 is 17.8 Å². The summed E-state index contributed by atoms with van der Waals surface area (Å²) in [5.41, 5.74) is 0.929. The lowest BCUT2D eigenvalue weighted by molar-refractivity contribution is -0.117. The molecule has 180 valence electrons. The molecule has 2 heterocycles. The summed E-state index contributed by atoms with van der Waals surface area (Å²) in [7, 11) is 0. The highest BCUT2D eigenvalue weighted by Crippen LogP contribution is 2.30. The predicted octanol–water partition coefficient (Wildman–Crippen LogP) is 4.18. The van der Waals surface area contributed by atoms with Crippen molar-refractivity contribution in [2.75, 3.05) is 12.4 Å². The highest BCUT2D eigenvalue weighted by molar-refractivity contribution is 7.99. The van der Waals surface area contributed by atoms with Crippen LogP contribution in [0, 0.1) is 5.82 Å². The Hall–Kier alpha value is -4.12. The number of aromatic nitrogens is 3. The fourth-order valence-electron chi connectivity index (χ4n) is 3.19. The molecule has 0 fully saturated rings. The molecule has 2 aromatic carbocycles. The molecular weight excluding hydrogens is 473 g/mol. The molecule has 2 aromatic heterocycles. The van der Waals surface area contributed by atoms with Crippen molar-refractivity contribution in [3.8, 4) is 22.8 Å². The Morgan fingerprint density at radius 3 is 2.60 bits per heavy atom. The zero-order valence-corrected chi connectivity index (χ0v) is 19.5. The van der Waals surface area contributed by atoms with Crippen molar-refractivity contribution >= 4 is 23.7 Å². The van der Waals surface area contributed by atoms with Gasteiger partial charge in [-0.2, -0.15) is 0 Å². The lowest BCUT2D eigenvalue weighted by Gasteiger charge is -2.12. The number of imide groups is 1. The summed E-state index contributed by atoms with van der Waals surface area (Å²) in [5, 5.41) is 13.5. The summed E-state index contributed by atoms with van der Waals surface area (Å²) >= 11 is 1.03. The second kappa shape index (κ2) is 11.3. The maximum Gasteiger partial charge on any atom is 0.321 e. The number of carbonyl (C=O) groups is 2. The van der Waals surface area contributed by atoms with Crippen molar-refractivity contribution < 1.29 is 23.1 Å². The van der Waals surface area contributed by atoms with E-state index >= 15 is 0 Å². The molecular formula is C24H22FN5O4S. The van der Waals surface area contributed by atoms with Gasteiger partial charge in [-0.3, -0.25) is 14.7 Å². The van der Waals surface area contributed by atoms with Crippen molar-refractivity contribution in [3.63, 3.8) is 0 Å². The molecule has 4 aromatic rings. The summed E-state index contributed by atoms with van der Waals surface area (Å²) in [5.74, 6) is 0.508. The van der Waals surface area contributed by atoms with Crippen LogP contribution in [0.2, 0.25) is 0 Å². The van der Waals surface area contributed by atoms with Crippen LogP contribution in [0.1, 0.15) is 12.7 Å². The van der Waals surface area contributed by atoms with E-state index in [1.54, 1.807) is 59.2 Å². The number of benzene rings is 2. The average molecular weight is 496 g/mol. The van der Waals surface area contributed by atoms with Gasteiger partial charge in [0.15, 0.2) is 11.0 Å². The minimum absolute atomic E-state index is 0.135. The SMILES string of the molecule is CCOc1ccc(-c2nnc(SCC(=O)NC(=O)NCc3ccco3)n2-c2ccccc2F)cc1. The molecule has 9 nitrogen and oxygen atoms in total. The number of para-hydroxylation sites is 1. The van der Waals surface area contributed by atoms with Crippen LogP contribution in [0.5, 0.6) is 5.75 Å². The Morgan fingerprint density at radius 2 is 1.89 bits per heavy atom. The van der Waals surface area contributed by atoms with E-state index in [2.05, 4.69) is 20.8 Å². The highest BCUT2D eigenvalue weighted by Gasteiger charge is 2.20. The van der Waals surface area contributed by atoms with Gasteiger partial charge in [0.05, 0.1) is 30.9 Å². The van der Waals surface area contributed by atoms with E-state index in [1.807, 2.05) is 6.92 Å². The first kappa shape index (κ1) is 24.0. The van der Waals surface area contributed by atoms with Crippen LogP contribution in [0.4, 0.5) is 9.18 Å². The minimum atomic E-state index is -0.655. The number of ether oxygens (including phenoxy) is 1. The number of nitrogens with zero attached hydrogens (tertiary/aromatic N) is 3. The topological polar surface area (TPSA) is 111 Å². The quantitative estimate of drug-likeness (QED) is 0.335. The maximum absolute atomic E-state index is 14.7. The van der Waals surface area contributed by atoms with Crippen molar-refractivity contribution in [1.29, 1.82) is 0 Å². The fraction of sp³-hybridized carbons (Fsp3) is 0.167. The Balaban J connectivity index is 1.49. The molecule has 0 saturated carbocycles. The van der Waals surface area contributed by atoms with E-state index in [1.165, 1.54) is 12.3 Å². The monoisotopic (exact) mass is 495 g/mol. The fourth-order valence-corrected chi connectivity index (χ4v) is 3.93. The van der Waals surface area contributed by atoms with Crippen LogP contribution in [-0.2, 0) is 11.3 Å². The van der Waals surface area contributed by atoms with Gasteiger partial charge in [-0.05, 0) is 55.5 Å². The number of thioether (sulfide) groups is 1. The molecule has 0 saturated heterocycles. The van der Waals surface area contributed by atoms with E-state index in [4.69, 9.17) is 9.15 Å². The van der Waals surface area contributed by atoms with Gasteiger partial charge in [0.1, 0.15) is 17.3 Å². The highest BCUT2D eigenvalue weighted by atomic mass is 32.2. The predicted molar refractivity (Wildman–Crippen MR) is 128 cm³/mol. The van der Waals surface area contributed by atoms with Crippen LogP contribution in [-0.4, -0.2) is 39.1 Å². The Bertz CT molecular complexity index is 1290. The second-order valence-electron chi connectivity index (χ2n) is 7.15. The molecule has 0 aliphatic heterocycles. The number of urea groups is 1. The molecule has 0 spiro atoms. The first-order valence-corrected chi connectivity index (χ1v) is 11.7. The first-order valence-electron chi connectivity index (χ1n) is 10.7. The van der Waals surface area contributed by atoms with Crippen LogP contribution in [0.25, 0.3) is 17.1 Å².